The van der Waals surface area contributed by atoms with Gasteiger partial charge in [-0.2, -0.15) is 5.26 Å². The number of thiazole rings is 1. The molecule has 1 aromatic heterocycles. The molecule has 1 heterocycles. The summed E-state index contributed by atoms with van der Waals surface area (Å²) in [4.78, 5) is 19.9. The van der Waals surface area contributed by atoms with Gasteiger partial charge < -0.3 is 9.64 Å². The monoisotopic (exact) mass is 307 g/mol. The van der Waals surface area contributed by atoms with E-state index in [0.29, 0.717) is 13.2 Å². The average Bonchev–Trinajstić information content (AvgIpc) is 3.04. The lowest BCUT2D eigenvalue weighted by atomic mass is 10.1. The van der Waals surface area contributed by atoms with Crippen LogP contribution in [-0.4, -0.2) is 30.6 Å². The zero-order chi connectivity index (χ0) is 15.4. The van der Waals surface area contributed by atoms with E-state index in [1.54, 1.807) is 11.3 Å². The van der Waals surface area contributed by atoms with Gasteiger partial charge in [0.05, 0.1) is 24.3 Å². The summed E-state index contributed by atoms with van der Waals surface area (Å²) in [7, 11) is 0. The van der Waals surface area contributed by atoms with Gasteiger partial charge in [0.25, 0.3) is 0 Å². The molecular weight excluding hydrogens is 286 g/mol. The Bertz CT molecular complexity index is 550. The van der Waals surface area contributed by atoms with Crippen molar-refractivity contribution in [2.45, 2.75) is 39.5 Å². The van der Waals surface area contributed by atoms with Crippen LogP contribution in [0, 0.1) is 17.2 Å². The second-order valence-electron chi connectivity index (χ2n) is 5.22. The number of fused-ring (bicyclic) bond motifs is 1. The summed E-state index contributed by atoms with van der Waals surface area (Å²) in [5.74, 6) is -0.414. The number of nitriles is 1. The molecule has 1 aliphatic carbocycles. The largest absolute Gasteiger partial charge is 0.465 e. The Balaban J connectivity index is 2.17. The van der Waals surface area contributed by atoms with E-state index in [4.69, 9.17) is 10.00 Å². The fraction of sp³-hybridized carbons (Fsp3) is 0.667. The first-order valence-electron chi connectivity index (χ1n) is 7.41. The molecule has 0 radical (unpaired) electrons. The highest BCUT2D eigenvalue weighted by Gasteiger charge is 2.34. The maximum Gasteiger partial charge on any atom is 0.315 e. The van der Waals surface area contributed by atoms with Crippen LogP contribution < -0.4 is 4.90 Å². The van der Waals surface area contributed by atoms with E-state index >= 15 is 0 Å². The van der Waals surface area contributed by atoms with Gasteiger partial charge in [0, 0.05) is 18.0 Å². The van der Waals surface area contributed by atoms with Crippen molar-refractivity contribution in [3.63, 3.8) is 0 Å². The molecule has 0 saturated carbocycles. The van der Waals surface area contributed by atoms with Gasteiger partial charge in [0.15, 0.2) is 5.13 Å². The number of ether oxygens (including phenoxy) is 1. The van der Waals surface area contributed by atoms with Gasteiger partial charge in [-0.3, -0.25) is 4.79 Å². The second kappa shape index (κ2) is 6.90. The minimum atomic E-state index is -0.211. The molecule has 1 aliphatic rings. The van der Waals surface area contributed by atoms with Crippen LogP contribution in [-0.2, 0) is 16.0 Å². The van der Waals surface area contributed by atoms with Gasteiger partial charge in [-0.05, 0) is 33.6 Å². The smallest absolute Gasteiger partial charge is 0.315 e. The molecule has 2 atom stereocenters. The van der Waals surface area contributed by atoms with Crippen LogP contribution in [0.25, 0.3) is 0 Å². The van der Waals surface area contributed by atoms with Crippen molar-refractivity contribution in [1.29, 1.82) is 5.26 Å². The van der Waals surface area contributed by atoms with E-state index in [9.17, 15) is 4.79 Å². The number of hydrogen-bond acceptors (Lipinski definition) is 6. The van der Waals surface area contributed by atoms with E-state index in [0.717, 1.165) is 30.2 Å². The quantitative estimate of drug-likeness (QED) is 0.756. The van der Waals surface area contributed by atoms with Crippen LogP contribution in [0.4, 0.5) is 5.13 Å². The topological polar surface area (TPSA) is 66.2 Å². The number of hydrogen-bond donors (Lipinski definition) is 0. The van der Waals surface area contributed by atoms with E-state index in [1.807, 2.05) is 13.8 Å². The molecule has 0 bridgehead atoms. The van der Waals surface area contributed by atoms with Crippen molar-refractivity contribution in [2.75, 3.05) is 24.6 Å². The van der Waals surface area contributed by atoms with Crippen LogP contribution in [0.1, 0.15) is 43.7 Å². The van der Waals surface area contributed by atoms with Crippen LogP contribution in [0.2, 0.25) is 0 Å². The van der Waals surface area contributed by atoms with Crippen molar-refractivity contribution < 1.29 is 9.53 Å². The number of carbonyl (C=O) groups excluding carboxylic acids is 1. The summed E-state index contributed by atoms with van der Waals surface area (Å²) >= 11 is 1.64. The summed E-state index contributed by atoms with van der Waals surface area (Å²) in [5, 5.41) is 9.88. The molecule has 1 aromatic rings. The Morgan fingerprint density at radius 2 is 2.38 bits per heavy atom. The third-order valence-electron chi connectivity index (χ3n) is 3.64. The van der Waals surface area contributed by atoms with Gasteiger partial charge in [-0.25, -0.2) is 4.98 Å². The molecule has 6 heteroatoms. The Morgan fingerprint density at radius 3 is 3.00 bits per heavy atom. The predicted octanol–water partition coefficient (Wildman–Crippen LogP) is 2.72. The van der Waals surface area contributed by atoms with Crippen LogP contribution >= 0.6 is 11.3 Å². The van der Waals surface area contributed by atoms with E-state index < -0.39 is 0 Å². The first kappa shape index (κ1) is 15.8. The average molecular weight is 307 g/mol. The maximum absolute atomic E-state index is 12.0. The number of anilines is 1. The number of carbonyl (C=O) groups is 1. The lowest BCUT2D eigenvalue weighted by Crippen LogP contribution is -2.27. The fourth-order valence-corrected chi connectivity index (χ4v) is 3.75. The van der Waals surface area contributed by atoms with Gasteiger partial charge in [-0.15, -0.1) is 11.3 Å². The van der Waals surface area contributed by atoms with Crippen molar-refractivity contribution >= 4 is 22.4 Å². The van der Waals surface area contributed by atoms with Gasteiger partial charge >= 0.3 is 5.97 Å². The summed E-state index contributed by atoms with van der Waals surface area (Å²) in [5.41, 5.74) is 0.886. The molecule has 0 fully saturated rings. The third kappa shape index (κ3) is 3.35. The number of aryl methyl sites for hydroxylation is 1. The summed E-state index contributed by atoms with van der Waals surface area (Å²) in [6.45, 7) is 7.67. The molecule has 0 saturated heterocycles. The normalized spacial score (nSPS) is 17.9. The number of esters is 1. The SMILES string of the molecule is CCOC(=O)C1CCc2sc(N(CC)CC(C)C#N)nc21. The Labute approximate surface area is 129 Å². The number of rotatable bonds is 6. The minimum absolute atomic E-state index is 0.0375. The highest BCUT2D eigenvalue weighted by atomic mass is 32.1. The molecule has 114 valence electrons. The molecule has 21 heavy (non-hydrogen) atoms. The van der Waals surface area contributed by atoms with E-state index in [2.05, 4.69) is 22.9 Å². The van der Waals surface area contributed by atoms with Gasteiger partial charge in [-0.1, -0.05) is 0 Å². The predicted molar refractivity (Wildman–Crippen MR) is 82.5 cm³/mol. The molecule has 0 aromatic carbocycles. The lowest BCUT2D eigenvalue weighted by molar-refractivity contribution is -0.145. The van der Waals surface area contributed by atoms with Crippen LogP contribution in [0.5, 0.6) is 0 Å². The maximum atomic E-state index is 12.0. The highest BCUT2D eigenvalue weighted by molar-refractivity contribution is 7.15. The zero-order valence-corrected chi connectivity index (χ0v) is 13.6. The lowest BCUT2D eigenvalue weighted by Gasteiger charge is -2.21. The molecule has 5 nitrogen and oxygen atoms in total. The standard InChI is InChI=1S/C15H21N3O2S/c1-4-18(9-10(3)8-16)15-17-13-11(14(19)20-5-2)6-7-12(13)21-15/h10-11H,4-7,9H2,1-3H3. The number of aromatic nitrogens is 1. The van der Waals surface area contributed by atoms with Crippen molar-refractivity contribution in [1.82, 2.24) is 4.98 Å². The minimum Gasteiger partial charge on any atom is -0.465 e. The molecule has 2 unspecified atom stereocenters. The zero-order valence-electron chi connectivity index (χ0n) is 12.8. The van der Waals surface area contributed by atoms with Crippen LogP contribution in [0.3, 0.4) is 0 Å². The molecule has 0 amide bonds. The highest BCUT2D eigenvalue weighted by Crippen LogP contribution is 2.40. The Morgan fingerprint density at radius 1 is 1.62 bits per heavy atom. The first-order valence-corrected chi connectivity index (χ1v) is 8.23. The Hall–Kier alpha value is -1.61. The molecule has 0 N–H and O–H groups in total. The van der Waals surface area contributed by atoms with E-state index in [-0.39, 0.29) is 17.8 Å². The molecule has 0 spiro atoms. The second-order valence-corrected chi connectivity index (χ2v) is 6.28. The first-order chi connectivity index (χ1) is 10.1. The Kier molecular flexibility index (Phi) is 5.18. The summed E-state index contributed by atoms with van der Waals surface area (Å²) in [6.07, 6.45) is 1.69. The molecular formula is C15H21N3O2S. The third-order valence-corrected chi connectivity index (χ3v) is 4.84. The fourth-order valence-electron chi connectivity index (χ4n) is 2.54. The van der Waals surface area contributed by atoms with Gasteiger partial charge in [0.2, 0.25) is 0 Å². The van der Waals surface area contributed by atoms with Gasteiger partial charge in [0.1, 0.15) is 5.92 Å². The summed E-state index contributed by atoms with van der Waals surface area (Å²) < 4.78 is 5.13. The molecule has 2 rings (SSSR count). The van der Waals surface area contributed by atoms with Crippen molar-refractivity contribution in [3.8, 4) is 6.07 Å². The van der Waals surface area contributed by atoms with Crippen LogP contribution in [0.15, 0.2) is 0 Å². The van der Waals surface area contributed by atoms with Crippen molar-refractivity contribution in [2.24, 2.45) is 5.92 Å². The number of nitrogens with zero attached hydrogens (tertiary/aromatic N) is 3. The van der Waals surface area contributed by atoms with E-state index in [1.165, 1.54) is 4.88 Å². The van der Waals surface area contributed by atoms with Crippen molar-refractivity contribution in [3.05, 3.63) is 10.6 Å². The summed E-state index contributed by atoms with van der Waals surface area (Å²) in [6, 6.07) is 2.25. The molecule has 0 aliphatic heterocycles.